The van der Waals surface area contributed by atoms with E-state index in [9.17, 15) is 4.39 Å². The van der Waals surface area contributed by atoms with Crippen molar-refractivity contribution in [3.63, 3.8) is 0 Å². The van der Waals surface area contributed by atoms with E-state index >= 15 is 0 Å². The van der Waals surface area contributed by atoms with E-state index in [2.05, 4.69) is 23.7 Å². The highest BCUT2D eigenvalue weighted by molar-refractivity contribution is 5.72. The van der Waals surface area contributed by atoms with E-state index < -0.39 is 0 Å². The van der Waals surface area contributed by atoms with Crippen LogP contribution in [0.4, 0.5) is 4.39 Å². The van der Waals surface area contributed by atoms with Crippen molar-refractivity contribution in [1.29, 1.82) is 0 Å². The van der Waals surface area contributed by atoms with Crippen molar-refractivity contribution in [2.75, 3.05) is 13.1 Å². The van der Waals surface area contributed by atoms with Gasteiger partial charge in [-0.1, -0.05) is 13.8 Å². The summed E-state index contributed by atoms with van der Waals surface area (Å²) < 4.78 is 18.8. The number of halogens is 1. The van der Waals surface area contributed by atoms with Crippen molar-refractivity contribution in [1.82, 2.24) is 9.88 Å². The molecule has 5 heteroatoms. The number of nitrogens with two attached hydrogens (primary N) is 1. The van der Waals surface area contributed by atoms with Crippen LogP contribution >= 0.6 is 0 Å². The number of likely N-dealkylation sites (tertiary alicyclic amines) is 1. The Morgan fingerprint density at radius 2 is 2.30 bits per heavy atom. The third-order valence-electron chi connectivity index (χ3n) is 4.14. The lowest BCUT2D eigenvalue weighted by Crippen LogP contribution is -2.52. The zero-order valence-corrected chi connectivity index (χ0v) is 11.9. The monoisotopic (exact) mass is 277 g/mol. The van der Waals surface area contributed by atoms with Crippen LogP contribution in [0.3, 0.4) is 0 Å². The highest BCUT2D eigenvalue weighted by Crippen LogP contribution is 2.29. The van der Waals surface area contributed by atoms with Crippen molar-refractivity contribution < 1.29 is 8.81 Å². The van der Waals surface area contributed by atoms with Crippen molar-refractivity contribution in [3.8, 4) is 0 Å². The highest BCUT2D eigenvalue weighted by atomic mass is 19.1. The summed E-state index contributed by atoms with van der Waals surface area (Å²) in [5.41, 5.74) is 7.44. The summed E-state index contributed by atoms with van der Waals surface area (Å²) in [5, 5.41) is 0. The molecule has 2 N–H and O–H groups in total. The molecule has 2 aromatic rings. The third-order valence-corrected chi connectivity index (χ3v) is 4.14. The topological polar surface area (TPSA) is 55.3 Å². The van der Waals surface area contributed by atoms with Crippen LogP contribution in [0.15, 0.2) is 22.6 Å². The highest BCUT2D eigenvalue weighted by Gasteiger charge is 2.33. The maximum atomic E-state index is 13.1. The Hall–Kier alpha value is -1.46. The number of piperidine rings is 1. The molecule has 0 radical (unpaired) electrons. The van der Waals surface area contributed by atoms with E-state index in [4.69, 9.17) is 10.2 Å². The zero-order chi connectivity index (χ0) is 14.3. The van der Waals surface area contributed by atoms with Crippen molar-refractivity contribution in [2.24, 2.45) is 11.1 Å². The molecule has 1 aliphatic heterocycles. The molecule has 0 spiro atoms. The van der Waals surface area contributed by atoms with Gasteiger partial charge in [0.1, 0.15) is 11.3 Å². The summed E-state index contributed by atoms with van der Waals surface area (Å²) in [6.07, 6.45) is 0.974. The smallest absolute Gasteiger partial charge is 0.209 e. The molecule has 1 aromatic heterocycles. The number of fused-ring (bicyclic) bond motifs is 1. The fourth-order valence-electron chi connectivity index (χ4n) is 2.83. The van der Waals surface area contributed by atoms with Gasteiger partial charge in [-0.05, 0) is 24.0 Å². The maximum absolute atomic E-state index is 13.1. The molecule has 1 saturated heterocycles. The molecule has 1 fully saturated rings. The average molecular weight is 277 g/mol. The Morgan fingerprint density at radius 1 is 1.50 bits per heavy atom. The molecular weight excluding hydrogens is 257 g/mol. The van der Waals surface area contributed by atoms with Gasteiger partial charge in [0.2, 0.25) is 5.89 Å². The second-order valence-electron chi connectivity index (χ2n) is 6.31. The zero-order valence-electron chi connectivity index (χ0n) is 11.9. The molecule has 3 rings (SSSR count). The average Bonchev–Trinajstić information content (AvgIpc) is 2.75. The van der Waals surface area contributed by atoms with Gasteiger partial charge >= 0.3 is 0 Å². The summed E-state index contributed by atoms with van der Waals surface area (Å²) in [4.78, 5) is 6.70. The first-order valence-electron chi connectivity index (χ1n) is 6.97. The van der Waals surface area contributed by atoms with Crippen molar-refractivity contribution in [2.45, 2.75) is 32.9 Å². The predicted octanol–water partition coefficient (Wildman–Crippen LogP) is 2.53. The first kappa shape index (κ1) is 13.5. The number of benzene rings is 1. The minimum absolute atomic E-state index is 0.0936. The van der Waals surface area contributed by atoms with Crippen LogP contribution in [-0.2, 0) is 6.54 Å². The largest absolute Gasteiger partial charge is 0.439 e. The molecule has 2 heterocycles. The standard InChI is InChI=1S/C15H20FN3O/c1-15(2)9-19(6-5-13(15)17)8-14-18-11-4-3-10(16)7-12(11)20-14/h3-4,7,13H,5-6,8-9,17H2,1-2H3. The molecule has 0 saturated carbocycles. The van der Waals surface area contributed by atoms with Gasteiger partial charge in [0.15, 0.2) is 5.58 Å². The van der Waals surface area contributed by atoms with E-state index in [0.29, 0.717) is 23.5 Å². The SMILES string of the molecule is CC1(C)CN(Cc2nc3ccc(F)cc3o2)CCC1N. The van der Waals surface area contributed by atoms with Gasteiger partial charge in [0.25, 0.3) is 0 Å². The van der Waals surface area contributed by atoms with Gasteiger partial charge in [-0.25, -0.2) is 9.37 Å². The van der Waals surface area contributed by atoms with Crippen LogP contribution in [0.2, 0.25) is 0 Å². The van der Waals surface area contributed by atoms with Crippen molar-refractivity contribution in [3.05, 3.63) is 29.9 Å². The van der Waals surface area contributed by atoms with E-state index in [-0.39, 0.29) is 17.3 Å². The minimum Gasteiger partial charge on any atom is -0.439 e. The number of hydrogen-bond donors (Lipinski definition) is 1. The molecule has 1 unspecified atom stereocenters. The maximum Gasteiger partial charge on any atom is 0.209 e. The molecule has 4 nitrogen and oxygen atoms in total. The van der Waals surface area contributed by atoms with Crippen LogP contribution in [0.25, 0.3) is 11.1 Å². The lowest BCUT2D eigenvalue weighted by molar-refractivity contribution is 0.0835. The molecule has 0 aliphatic carbocycles. The molecular formula is C15H20FN3O. The number of aromatic nitrogens is 1. The summed E-state index contributed by atoms with van der Waals surface area (Å²) in [7, 11) is 0. The summed E-state index contributed by atoms with van der Waals surface area (Å²) in [6.45, 7) is 6.88. The van der Waals surface area contributed by atoms with Crippen LogP contribution < -0.4 is 5.73 Å². The Kier molecular flexibility index (Phi) is 3.26. The second-order valence-corrected chi connectivity index (χ2v) is 6.31. The molecule has 0 amide bonds. The number of oxazole rings is 1. The third kappa shape index (κ3) is 2.55. The first-order valence-corrected chi connectivity index (χ1v) is 6.97. The molecule has 108 valence electrons. The number of nitrogens with zero attached hydrogens (tertiary/aromatic N) is 2. The first-order chi connectivity index (χ1) is 9.44. The Balaban J connectivity index is 1.76. The van der Waals surface area contributed by atoms with Gasteiger partial charge in [-0.2, -0.15) is 0 Å². The van der Waals surface area contributed by atoms with E-state index in [1.165, 1.54) is 12.1 Å². The van der Waals surface area contributed by atoms with Crippen LogP contribution in [0.5, 0.6) is 0 Å². The Labute approximate surface area is 117 Å². The van der Waals surface area contributed by atoms with Crippen LogP contribution in [0.1, 0.15) is 26.2 Å². The molecule has 1 aromatic carbocycles. The molecule has 1 aliphatic rings. The summed E-state index contributed by atoms with van der Waals surface area (Å²) in [5.74, 6) is 0.335. The second kappa shape index (κ2) is 4.82. The minimum atomic E-state index is -0.301. The van der Waals surface area contributed by atoms with Crippen molar-refractivity contribution >= 4 is 11.1 Å². The van der Waals surface area contributed by atoms with E-state index in [1.807, 2.05) is 0 Å². The fourth-order valence-corrected chi connectivity index (χ4v) is 2.83. The lowest BCUT2D eigenvalue weighted by atomic mass is 9.80. The molecule has 0 bridgehead atoms. The van der Waals surface area contributed by atoms with Gasteiger partial charge in [-0.15, -0.1) is 0 Å². The van der Waals surface area contributed by atoms with Crippen LogP contribution in [0, 0.1) is 11.2 Å². The Bertz CT molecular complexity index is 623. The normalized spacial score (nSPS) is 23.3. The quantitative estimate of drug-likeness (QED) is 0.916. The Morgan fingerprint density at radius 3 is 3.05 bits per heavy atom. The van der Waals surface area contributed by atoms with Gasteiger partial charge in [0.05, 0.1) is 6.54 Å². The number of hydrogen-bond acceptors (Lipinski definition) is 4. The summed E-state index contributed by atoms with van der Waals surface area (Å²) in [6, 6.07) is 4.66. The predicted molar refractivity (Wildman–Crippen MR) is 75.6 cm³/mol. The lowest BCUT2D eigenvalue weighted by Gasteiger charge is -2.42. The van der Waals surface area contributed by atoms with Crippen LogP contribution in [-0.4, -0.2) is 29.0 Å². The fraction of sp³-hybridized carbons (Fsp3) is 0.533. The molecule has 20 heavy (non-hydrogen) atoms. The van der Waals surface area contributed by atoms with E-state index in [1.54, 1.807) is 6.07 Å². The summed E-state index contributed by atoms with van der Waals surface area (Å²) >= 11 is 0. The number of rotatable bonds is 2. The van der Waals surface area contributed by atoms with Gasteiger partial charge in [-0.3, -0.25) is 4.90 Å². The van der Waals surface area contributed by atoms with Gasteiger partial charge in [0, 0.05) is 25.2 Å². The van der Waals surface area contributed by atoms with Gasteiger partial charge < -0.3 is 10.2 Å². The van der Waals surface area contributed by atoms with E-state index in [0.717, 1.165) is 19.5 Å². The molecule has 1 atom stereocenters.